The summed E-state index contributed by atoms with van der Waals surface area (Å²) in [5, 5.41) is 44.9. The Bertz CT molecular complexity index is 2110. The number of anilines is 1. The van der Waals surface area contributed by atoms with Crippen LogP contribution in [0.4, 0.5) is 5.69 Å². The lowest BCUT2D eigenvalue weighted by Gasteiger charge is -2.35. The summed E-state index contributed by atoms with van der Waals surface area (Å²) in [5.41, 5.74) is 5.36. The fraction of sp³-hybridized carbons (Fsp3) is 0.400. The number of piperidine rings is 1. The number of nitrogens with zero attached hydrogens (tertiary/aromatic N) is 6. The highest BCUT2D eigenvalue weighted by atomic mass is 16.3. The number of rotatable bonds is 11. The number of imide groups is 1. The maximum absolute atomic E-state index is 13.0. The number of aromatic nitrogens is 3. The lowest BCUT2D eigenvalue weighted by atomic mass is 9.98. The second-order valence-corrected chi connectivity index (χ2v) is 14.8. The summed E-state index contributed by atoms with van der Waals surface area (Å²) >= 11 is 0. The second-order valence-electron chi connectivity index (χ2n) is 14.8. The number of carbonyl (C=O) groups is 4. The van der Waals surface area contributed by atoms with Gasteiger partial charge in [-0.15, -0.1) is 5.10 Å². The fourth-order valence-electron chi connectivity index (χ4n) is 7.67. The van der Waals surface area contributed by atoms with E-state index in [1.807, 2.05) is 66.1 Å². The van der Waals surface area contributed by atoms with Gasteiger partial charge in [0.2, 0.25) is 23.6 Å². The van der Waals surface area contributed by atoms with Crippen LogP contribution in [0.5, 0.6) is 17.5 Å². The molecule has 15 nitrogen and oxygen atoms in total. The van der Waals surface area contributed by atoms with E-state index in [0.717, 1.165) is 16.7 Å². The molecule has 7 rings (SSSR count). The molecule has 1 aromatic heterocycles. The van der Waals surface area contributed by atoms with Crippen LogP contribution in [0, 0.1) is 0 Å². The number of phenols is 2. The molecule has 5 N–H and O–H groups in total. The summed E-state index contributed by atoms with van der Waals surface area (Å²) in [5.74, 6) is -0.607. The van der Waals surface area contributed by atoms with E-state index in [9.17, 15) is 34.5 Å². The Hall–Kier alpha value is -5.80. The lowest BCUT2D eigenvalue weighted by Crippen LogP contribution is -2.50. The number of phenolic OH excluding ortho intramolecular Hbond substituents is 2. The average molecular weight is 751 g/mol. The standard InChI is InChI=1S/C40H46N8O7/c1-24(2)28-19-29(34(50)20-33(28)49)38-43-44-40(55)48(38)27-11-9-25(10-12-27)21-45-15-17-46(18-16-45)37(53)8-4-7-35(51)41-31-6-3-5-26-22-47(23-30(26)31)32-13-14-36(52)42-39(32)54/h3,5-6,9-12,19-20,24,32,49-50H,4,7-8,13-18,21-23H2,1-2H3,(H,41,51)(H,44,55)(H,42,52,54). The Labute approximate surface area is 318 Å². The van der Waals surface area contributed by atoms with E-state index in [0.29, 0.717) is 87.6 Å². The van der Waals surface area contributed by atoms with Crippen LogP contribution in [0.1, 0.15) is 74.1 Å². The Morgan fingerprint density at radius 2 is 1.69 bits per heavy atom. The largest absolute Gasteiger partial charge is 0.508 e. The number of carbonyl (C=O) groups excluding carboxylic acids is 4. The number of aromatic hydroxyl groups is 3. The minimum Gasteiger partial charge on any atom is -0.508 e. The molecule has 0 bridgehead atoms. The maximum atomic E-state index is 13.0. The van der Waals surface area contributed by atoms with Gasteiger partial charge >= 0.3 is 6.01 Å². The Morgan fingerprint density at radius 1 is 0.927 bits per heavy atom. The summed E-state index contributed by atoms with van der Waals surface area (Å²) in [6.45, 7) is 8.22. The SMILES string of the molecule is CC(C)c1cc(-c2nnc(O)n2-c2ccc(CN3CCN(C(=O)CCCC(=O)Nc4cccc5c4CN(C4CCC(=O)NC4=O)C5)CC3)cc2)c(O)cc1O. The summed E-state index contributed by atoms with van der Waals surface area (Å²) in [7, 11) is 0. The van der Waals surface area contributed by atoms with E-state index in [1.165, 1.54) is 10.6 Å². The summed E-state index contributed by atoms with van der Waals surface area (Å²) in [6.07, 6.45) is 1.72. The van der Waals surface area contributed by atoms with E-state index in [2.05, 4.69) is 25.7 Å². The molecule has 0 saturated carbocycles. The van der Waals surface area contributed by atoms with E-state index in [4.69, 9.17) is 0 Å². The van der Waals surface area contributed by atoms with Crippen molar-refractivity contribution in [1.29, 1.82) is 0 Å². The van der Waals surface area contributed by atoms with E-state index < -0.39 is 0 Å². The number of hydrogen-bond acceptors (Lipinski definition) is 11. The van der Waals surface area contributed by atoms with Crippen molar-refractivity contribution in [1.82, 2.24) is 34.8 Å². The van der Waals surface area contributed by atoms with Crippen molar-refractivity contribution in [2.24, 2.45) is 0 Å². The summed E-state index contributed by atoms with van der Waals surface area (Å²) < 4.78 is 1.44. The van der Waals surface area contributed by atoms with E-state index >= 15 is 0 Å². The Balaban J connectivity index is 0.865. The first-order valence-corrected chi connectivity index (χ1v) is 18.7. The van der Waals surface area contributed by atoms with Gasteiger partial charge in [0.15, 0.2) is 5.82 Å². The quantitative estimate of drug-likeness (QED) is 0.140. The van der Waals surface area contributed by atoms with Crippen LogP contribution in [0.15, 0.2) is 54.6 Å². The second kappa shape index (κ2) is 15.9. The summed E-state index contributed by atoms with van der Waals surface area (Å²) in [6, 6.07) is 15.6. The molecule has 3 aromatic carbocycles. The van der Waals surface area contributed by atoms with Crippen molar-refractivity contribution in [2.45, 2.75) is 77.5 Å². The third-order valence-electron chi connectivity index (χ3n) is 10.7. The van der Waals surface area contributed by atoms with Gasteiger partial charge < -0.3 is 25.5 Å². The molecule has 4 aromatic rings. The van der Waals surface area contributed by atoms with Crippen LogP contribution in [0.3, 0.4) is 0 Å². The third kappa shape index (κ3) is 8.17. The topological polar surface area (TPSA) is 193 Å². The Morgan fingerprint density at radius 3 is 2.42 bits per heavy atom. The molecular weight excluding hydrogens is 704 g/mol. The van der Waals surface area contributed by atoms with Gasteiger partial charge in [-0.3, -0.25) is 34.3 Å². The van der Waals surface area contributed by atoms with E-state index in [1.54, 1.807) is 6.07 Å². The van der Waals surface area contributed by atoms with Crippen LogP contribution in [0.25, 0.3) is 17.1 Å². The number of nitrogens with one attached hydrogen (secondary N) is 2. The van der Waals surface area contributed by atoms with Crippen LogP contribution in [0.2, 0.25) is 0 Å². The van der Waals surface area contributed by atoms with Gasteiger partial charge in [0.1, 0.15) is 11.5 Å². The Kier molecular flexibility index (Phi) is 10.8. The number of piperazine rings is 1. The highest BCUT2D eigenvalue weighted by Crippen LogP contribution is 2.39. The first-order chi connectivity index (χ1) is 26.4. The molecule has 2 saturated heterocycles. The van der Waals surface area contributed by atoms with Crippen molar-refractivity contribution in [3.05, 3.63) is 76.9 Å². The molecule has 1 unspecified atom stereocenters. The van der Waals surface area contributed by atoms with Crippen molar-refractivity contribution in [2.75, 3.05) is 31.5 Å². The lowest BCUT2D eigenvalue weighted by molar-refractivity contribution is -0.138. The first kappa shape index (κ1) is 37.5. The average Bonchev–Trinajstić information content (AvgIpc) is 3.76. The zero-order valence-electron chi connectivity index (χ0n) is 31.0. The molecule has 2 fully saturated rings. The smallest absolute Gasteiger partial charge is 0.319 e. The highest BCUT2D eigenvalue weighted by Gasteiger charge is 2.35. The van der Waals surface area contributed by atoms with Crippen molar-refractivity contribution in [3.8, 4) is 34.6 Å². The molecule has 3 aliphatic rings. The van der Waals surface area contributed by atoms with Crippen molar-refractivity contribution < 1.29 is 34.5 Å². The molecule has 3 aliphatic heterocycles. The molecule has 0 radical (unpaired) electrons. The van der Waals surface area contributed by atoms with Gasteiger partial charge in [0.25, 0.3) is 0 Å². The number of benzene rings is 3. The molecule has 55 heavy (non-hydrogen) atoms. The zero-order valence-corrected chi connectivity index (χ0v) is 31.0. The predicted molar refractivity (Wildman–Crippen MR) is 202 cm³/mol. The minimum atomic E-state index is -0.375. The zero-order chi connectivity index (χ0) is 38.8. The third-order valence-corrected chi connectivity index (χ3v) is 10.7. The van der Waals surface area contributed by atoms with E-state index in [-0.39, 0.29) is 71.8 Å². The minimum absolute atomic E-state index is 0.00563. The first-order valence-electron chi connectivity index (χ1n) is 18.7. The van der Waals surface area contributed by atoms with Crippen LogP contribution >= 0.6 is 0 Å². The van der Waals surface area contributed by atoms with Gasteiger partial charge in [-0.2, -0.15) is 0 Å². The molecule has 0 spiro atoms. The monoisotopic (exact) mass is 750 g/mol. The molecule has 1 atom stereocenters. The fourth-order valence-corrected chi connectivity index (χ4v) is 7.67. The van der Waals surface area contributed by atoms with Gasteiger partial charge in [0, 0.05) is 76.8 Å². The number of fused-ring (bicyclic) bond motifs is 1. The number of amides is 4. The molecule has 15 heteroatoms. The molecule has 288 valence electrons. The van der Waals surface area contributed by atoms with Gasteiger partial charge in [-0.1, -0.05) is 43.2 Å². The predicted octanol–water partition coefficient (Wildman–Crippen LogP) is 3.75. The molecule has 4 amide bonds. The van der Waals surface area contributed by atoms with Gasteiger partial charge in [-0.25, -0.2) is 4.57 Å². The highest BCUT2D eigenvalue weighted by molar-refractivity contribution is 6.00. The van der Waals surface area contributed by atoms with Gasteiger partial charge in [-0.05, 0) is 65.3 Å². The normalized spacial score (nSPS) is 17.7. The molecular formula is C40H46N8O7. The van der Waals surface area contributed by atoms with Crippen LogP contribution in [-0.2, 0) is 38.8 Å². The van der Waals surface area contributed by atoms with Crippen LogP contribution in [-0.4, -0.2) is 101 Å². The molecule has 0 aliphatic carbocycles. The maximum Gasteiger partial charge on any atom is 0.319 e. The number of hydrogen-bond donors (Lipinski definition) is 5. The molecule has 4 heterocycles. The van der Waals surface area contributed by atoms with Crippen LogP contribution < -0.4 is 10.6 Å². The summed E-state index contributed by atoms with van der Waals surface area (Å²) in [4.78, 5) is 56.1. The van der Waals surface area contributed by atoms with Crippen molar-refractivity contribution in [3.63, 3.8) is 0 Å². The van der Waals surface area contributed by atoms with Gasteiger partial charge in [0.05, 0.1) is 17.3 Å². The van der Waals surface area contributed by atoms with Crippen molar-refractivity contribution >= 4 is 29.3 Å².